The van der Waals surface area contributed by atoms with Crippen LogP contribution in [0.25, 0.3) is 0 Å². The Labute approximate surface area is 223 Å². The van der Waals surface area contributed by atoms with E-state index in [2.05, 4.69) is 20.1 Å². The van der Waals surface area contributed by atoms with Crippen LogP contribution in [0.5, 0.6) is 0 Å². The molecule has 0 radical (unpaired) electrons. The molecule has 1 aromatic heterocycles. The lowest BCUT2D eigenvalue weighted by molar-refractivity contribution is -0.0261. The van der Waals surface area contributed by atoms with Gasteiger partial charge in [-0.25, -0.2) is 4.79 Å². The first-order valence-electron chi connectivity index (χ1n) is 13.0. The number of anilines is 1. The number of carbonyl (C=O) groups is 1. The zero-order valence-corrected chi connectivity index (χ0v) is 22.1. The van der Waals surface area contributed by atoms with Gasteiger partial charge in [-0.05, 0) is 74.9 Å². The highest BCUT2D eigenvalue weighted by atomic mass is 35.5. The van der Waals surface area contributed by atoms with E-state index >= 15 is 0 Å². The average Bonchev–Trinajstić information content (AvgIpc) is 3.36. The summed E-state index contributed by atoms with van der Waals surface area (Å²) < 4.78 is 0. The first kappa shape index (κ1) is 25.7. The van der Waals surface area contributed by atoms with Crippen molar-refractivity contribution in [1.82, 2.24) is 19.7 Å². The summed E-state index contributed by atoms with van der Waals surface area (Å²) in [5.41, 5.74) is 0.694. The predicted molar refractivity (Wildman–Crippen MR) is 144 cm³/mol. The Morgan fingerprint density at radius 3 is 2.50 bits per heavy atom. The molecule has 1 unspecified atom stereocenters. The molecule has 2 aromatic rings. The van der Waals surface area contributed by atoms with Crippen molar-refractivity contribution in [1.29, 1.82) is 0 Å². The summed E-state index contributed by atoms with van der Waals surface area (Å²) in [4.78, 5) is 24.1. The van der Waals surface area contributed by atoms with Crippen LogP contribution in [-0.4, -0.2) is 82.7 Å². The van der Waals surface area contributed by atoms with Gasteiger partial charge >= 0.3 is 6.03 Å². The van der Waals surface area contributed by atoms with Gasteiger partial charge in [0.05, 0.1) is 15.7 Å². The van der Waals surface area contributed by atoms with Crippen molar-refractivity contribution in [3.8, 4) is 0 Å². The third kappa shape index (κ3) is 5.97. The second kappa shape index (κ2) is 11.2. The number of aliphatic hydroxyl groups is 1. The van der Waals surface area contributed by atoms with Crippen molar-refractivity contribution in [2.45, 2.75) is 43.7 Å². The van der Waals surface area contributed by atoms with Crippen molar-refractivity contribution in [3.05, 3.63) is 58.3 Å². The van der Waals surface area contributed by atoms with E-state index in [9.17, 15) is 9.90 Å². The molecule has 0 spiro atoms. The number of benzene rings is 1. The summed E-state index contributed by atoms with van der Waals surface area (Å²) in [6.07, 6.45) is 6.59. The molecule has 1 saturated carbocycles. The number of halogens is 2. The Morgan fingerprint density at radius 1 is 1.03 bits per heavy atom. The maximum Gasteiger partial charge on any atom is 0.321 e. The lowest BCUT2D eigenvalue weighted by Gasteiger charge is -2.39. The minimum absolute atomic E-state index is 0.0944. The molecular formula is C27H35Cl2N5O2. The lowest BCUT2D eigenvalue weighted by Crippen LogP contribution is -2.51. The molecule has 2 saturated heterocycles. The van der Waals surface area contributed by atoms with Crippen LogP contribution in [0.4, 0.5) is 10.5 Å². The molecular weight excluding hydrogens is 497 g/mol. The Bertz CT molecular complexity index is 1040. The SMILES string of the molecule is O=C(Nc1ccc(Cl)c(Cl)c1)N1CCN(CC2CCN(C3CCC(O)(c4ccccn4)CC3)C2)CC1. The van der Waals surface area contributed by atoms with Crippen LogP contribution in [0.1, 0.15) is 37.8 Å². The van der Waals surface area contributed by atoms with Gasteiger partial charge in [-0.2, -0.15) is 0 Å². The maximum absolute atomic E-state index is 12.7. The molecule has 1 aromatic carbocycles. The van der Waals surface area contributed by atoms with E-state index in [1.165, 1.54) is 6.42 Å². The number of nitrogens with one attached hydrogen (secondary N) is 1. The molecule has 0 bridgehead atoms. The topological polar surface area (TPSA) is 71.9 Å². The number of hydrogen-bond acceptors (Lipinski definition) is 5. The van der Waals surface area contributed by atoms with Crippen LogP contribution >= 0.6 is 23.2 Å². The average molecular weight is 533 g/mol. The van der Waals surface area contributed by atoms with Crippen LogP contribution in [0.2, 0.25) is 10.0 Å². The van der Waals surface area contributed by atoms with Crippen molar-refractivity contribution in [3.63, 3.8) is 0 Å². The third-order valence-corrected chi connectivity index (χ3v) is 8.84. The summed E-state index contributed by atoms with van der Waals surface area (Å²) in [6, 6.07) is 11.4. The maximum atomic E-state index is 12.7. The molecule has 2 amide bonds. The highest BCUT2D eigenvalue weighted by Crippen LogP contribution is 2.39. The monoisotopic (exact) mass is 531 g/mol. The van der Waals surface area contributed by atoms with Crippen LogP contribution < -0.4 is 5.32 Å². The van der Waals surface area contributed by atoms with E-state index in [1.807, 2.05) is 23.1 Å². The van der Waals surface area contributed by atoms with Gasteiger partial charge in [-0.3, -0.25) is 9.88 Å². The molecule has 1 aliphatic carbocycles. The van der Waals surface area contributed by atoms with Gasteiger partial charge in [0, 0.05) is 57.2 Å². The first-order valence-corrected chi connectivity index (χ1v) is 13.8. The third-order valence-electron chi connectivity index (χ3n) is 8.10. The number of pyridine rings is 1. The molecule has 194 valence electrons. The van der Waals surface area contributed by atoms with Crippen molar-refractivity contribution < 1.29 is 9.90 Å². The molecule has 3 aliphatic rings. The number of aromatic nitrogens is 1. The zero-order valence-electron chi connectivity index (χ0n) is 20.6. The minimum Gasteiger partial charge on any atom is -0.384 e. The normalized spacial score (nSPS) is 27.8. The molecule has 3 heterocycles. The fourth-order valence-electron chi connectivity index (χ4n) is 5.96. The second-order valence-corrected chi connectivity index (χ2v) is 11.3. The Morgan fingerprint density at radius 2 is 1.81 bits per heavy atom. The molecule has 5 rings (SSSR count). The molecule has 2 aliphatic heterocycles. The van der Waals surface area contributed by atoms with Gasteiger partial charge in [0.15, 0.2) is 0 Å². The summed E-state index contributed by atoms with van der Waals surface area (Å²) in [5.74, 6) is 0.665. The number of urea groups is 1. The van der Waals surface area contributed by atoms with Gasteiger partial charge in [-0.1, -0.05) is 29.3 Å². The second-order valence-electron chi connectivity index (χ2n) is 10.5. The van der Waals surface area contributed by atoms with Gasteiger partial charge in [0.2, 0.25) is 0 Å². The molecule has 7 nitrogen and oxygen atoms in total. The van der Waals surface area contributed by atoms with Gasteiger partial charge in [0.25, 0.3) is 0 Å². The fraction of sp³-hybridized carbons (Fsp3) is 0.556. The quantitative estimate of drug-likeness (QED) is 0.585. The number of rotatable bonds is 5. The van der Waals surface area contributed by atoms with Crippen molar-refractivity contribution in [2.75, 3.05) is 51.1 Å². The number of piperazine rings is 1. The highest BCUT2D eigenvalue weighted by molar-refractivity contribution is 6.42. The standard InChI is InChI=1S/C27H35Cl2N5O2/c28-23-5-4-21(17-24(23)29)31-26(35)33-15-13-32(14-16-33)18-20-8-12-34(19-20)22-6-9-27(36,10-7-22)25-3-1-2-11-30-25/h1-5,11,17,20,22,36H,6-10,12-16,18-19H2,(H,31,35). The van der Waals surface area contributed by atoms with Crippen molar-refractivity contribution in [2.24, 2.45) is 5.92 Å². The highest BCUT2D eigenvalue weighted by Gasteiger charge is 2.39. The van der Waals surface area contributed by atoms with E-state index in [-0.39, 0.29) is 6.03 Å². The molecule has 3 fully saturated rings. The van der Waals surface area contributed by atoms with Gasteiger partial charge < -0.3 is 20.2 Å². The van der Waals surface area contributed by atoms with Gasteiger partial charge in [0.1, 0.15) is 5.60 Å². The Kier molecular flexibility index (Phi) is 8.03. The molecule has 36 heavy (non-hydrogen) atoms. The number of nitrogens with zero attached hydrogens (tertiary/aromatic N) is 4. The van der Waals surface area contributed by atoms with Crippen LogP contribution in [0, 0.1) is 5.92 Å². The summed E-state index contributed by atoms with van der Waals surface area (Å²) in [5, 5.41) is 14.9. The van der Waals surface area contributed by atoms with Crippen molar-refractivity contribution >= 4 is 34.9 Å². The Hall–Kier alpha value is -1.90. The van der Waals surface area contributed by atoms with Crippen LogP contribution in [0.15, 0.2) is 42.6 Å². The van der Waals surface area contributed by atoms with E-state index in [1.54, 1.807) is 24.4 Å². The minimum atomic E-state index is -0.775. The number of likely N-dealkylation sites (tertiary alicyclic amines) is 1. The summed E-state index contributed by atoms with van der Waals surface area (Å²) in [7, 11) is 0. The molecule has 2 N–H and O–H groups in total. The van der Waals surface area contributed by atoms with E-state index in [4.69, 9.17) is 23.2 Å². The predicted octanol–water partition coefficient (Wildman–Crippen LogP) is 4.69. The number of amides is 2. The van der Waals surface area contributed by atoms with Crippen LogP contribution in [0.3, 0.4) is 0 Å². The molecule has 9 heteroatoms. The van der Waals surface area contributed by atoms with E-state index < -0.39 is 5.60 Å². The number of carbonyl (C=O) groups excluding carboxylic acids is 1. The summed E-state index contributed by atoms with van der Waals surface area (Å²) in [6.45, 7) is 6.59. The lowest BCUT2D eigenvalue weighted by atomic mass is 9.79. The largest absolute Gasteiger partial charge is 0.384 e. The van der Waals surface area contributed by atoms with E-state index in [0.29, 0.717) is 27.7 Å². The first-order chi connectivity index (χ1) is 17.4. The fourth-order valence-corrected chi connectivity index (χ4v) is 6.26. The Balaban J connectivity index is 1.04. The van der Waals surface area contributed by atoms with Gasteiger partial charge in [-0.15, -0.1) is 0 Å². The van der Waals surface area contributed by atoms with Crippen LogP contribution in [-0.2, 0) is 5.60 Å². The smallest absolute Gasteiger partial charge is 0.321 e. The summed E-state index contributed by atoms with van der Waals surface area (Å²) >= 11 is 12.0. The zero-order chi connectivity index (χ0) is 25.1. The number of hydrogen-bond donors (Lipinski definition) is 2. The van der Waals surface area contributed by atoms with E-state index in [0.717, 1.165) is 77.2 Å². The molecule has 1 atom stereocenters.